The van der Waals surface area contributed by atoms with Crippen LogP contribution < -0.4 is 0 Å². The summed E-state index contributed by atoms with van der Waals surface area (Å²) in [5.41, 5.74) is 18.7. The molecule has 1 nitrogen and oxygen atoms in total. The summed E-state index contributed by atoms with van der Waals surface area (Å²) in [7, 11) is 0. The molecular weight excluding hydrogens is 410 g/mol. The van der Waals surface area contributed by atoms with Gasteiger partial charge in [-0.3, -0.25) is 0 Å². The highest BCUT2D eigenvalue weighted by molar-refractivity contribution is 6.18. The van der Waals surface area contributed by atoms with Gasteiger partial charge in [0.15, 0.2) is 0 Å². The molecule has 3 aliphatic rings. The molecule has 2 heterocycles. The Hall–Kier alpha value is -4.10. The standard InChI is InChI=1S/C33H21N/c1-4-10-23-19(7-1)16-27-25(23)13-14-30-31(27)32-28-17-20-8-2-5-11-24(20)26(28)18-22-15-21-9-3-6-12-29(21)34(30)33(22)32/h1-14,18H,15-17H2. The largest absolute Gasteiger partial charge is 0.309 e. The Morgan fingerprint density at radius 3 is 1.91 bits per heavy atom. The van der Waals surface area contributed by atoms with E-state index in [-0.39, 0.29) is 0 Å². The third-order valence-electron chi connectivity index (χ3n) is 8.45. The number of aromatic nitrogens is 1. The first kappa shape index (κ1) is 17.4. The van der Waals surface area contributed by atoms with E-state index in [4.69, 9.17) is 0 Å². The van der Waals surface area contributed by atoms with E-state index in [0.29, 0.717) is 0 Å². The zero-order chi connectivity index (χ0) is 22.0. The van der Waals surface area contributed by atoms with Crippen LogP contribution in [0, 0.1) is 0 Å². The third-order valence-corrected chi connectivity index (χ3v) is 8.45. The highest BCUT2D eigenvalue weighted by atomic mass is 15.0. The number of fused-ring (bicyclic) bond motifs is 13. The molecule has 1 heteroatoms. The van der Waals surface area contributed by atoms with Crippen molar-refractivity contribution in [2.45, 2.75) is 19.3 Å². The molecular formula is C33H21N. The average Bonchev–Trinajstić information content (AvgIpc) is 3.54. The van der Waals surface area contributed by atoms with Crippen LogP contribution in [0.3, 0.4) is 0 Å². The van der Waals surface area contributed by atoms with Gasteiger partial charge in [0, 0.05) is 22.9 Å². The lowest BCUT2D eigenvalue weighted by Crippen LogP contribution is -2.08. The molecule has 0 saturated carbocycles. The SMILES string of the molecule is c1ccc2c(c1)Cc1c-2ccc2c1c1c3c(cc4c1n2-c1ccccc1C4)-c1ccccc1C3. The first-order valence-electron chi connectivity index (χ1n) is 12.3. The highest BCUT2D eigenvalue weighted by Crippen LogP contribution is 2.51. The summed E-state index contributed by atoms with van der Waals surface area (Å²) in [5, 5.41) is 2.98. The molecule has 9 rings (SSSR count). The number of benzene rings is 5. The molecule has 6 aromatic rings. The van der Waals surface area contributed by atoms with Gasteiger partial charge in [0.1, 0.15) is 0 Å². The molecule has 0 saturated heterocycles. The van der Waals surface area contributed by atoms with Crippen molar-refractivity contribution in [2.24, 2.45) is 0 Å². The van der Waals surface area contributed by atoms with E-state index in [9.17, 15) is 0 Å². The Kier molecular flexibility index (Phi) is 3.00. The molecule has 0 amide bonds. The predicted octanol–water partition coefficient (Wildman–Crippen LogP) is 7.83. The van der Waals surface area contributed by atoms with Gasteiger partial charge in [-0.15, -0.1) is 0 Å². The molecule has 1 aromatic heterocycles. The fourth-order valence-electron chi connectivity index (χ4n) is 7.10. The van der Waals surface area contributed by atoms with Crippen LogP contribution in [-0.2, 0) is 19.3 Å². The summed E-state index contributed by atoms with van der Waals surface area (Å²) < 4.78 is 2.57. The van der Waals surface area contributed by atoms with Crippen molar-refractivity contribution < 1.29 is 0 Å². The van der Waals surface area contributed by atoms with E-state index >= 15 is 0 Å². The van der Waals surface area contributed by atoms with Gasteiger partial charge in [-0.2, -0.15) is 0 Å². The Balaban J connectivity index is 1.51. The van der Waals surface area contributed by atoms with Gasteiger partial charge in [0.2, 0.25) is 0 Å². The fourth-order valence-corrected chi connectivity index (χ4v) is 7.10. The van der Waals surface area contributed by atoms with Crippen LogP contribution >= 0.6 is 0 Å². The summed E-state index contributed by atoms with van der Waals surface area (Å²) in [4.78, 5) is 0. The Morgan fingerprint density at radius 2 is 1.12 bits per heavy atom. The molecule has 0 N–H and O–H groups in total. The van der Waals surface area contributed by atoms with E-state index in [2.05, 4.69) is 95.6 Å². The normalized spacial score (nSPS) is 14.1. The maximum Gasteiger partial charge on any atom is 0.0580 e. The quantitative estimate of drug-likeness (QED) is 0.231. The van der Waals surface area contributed by atoms with Gasteiger partial charge in [-0.1, -0.05) is 72.8 Å². The molecule has 34 heavy (non-hydrogen) atoms. The number of para-hydroxylation sites is 1. The third kappa shape index (κ3) is 1.94. The van der Waals surface area contributed by atoms with Crippen LogP contribution in [0.2, 0.25) is 0 Å². The predicted molar refractivity (Wildman–Crippen MR) is 140 cm³/mol. The summed E-state index contributed by atoms with van der Waals surface area (Å²) in [6.45, 7) is 0. The van der Waals surface area contributed by atoms with Crippen molar-refractivity contribution in [1.82, 2.24) is 4.57 Å². The fraction of sp³-hybridized carbons (Fsp3) is 0.0909. The molecule has 0 spiro atoms. The number of hydrogen-bond donors (Lipinski definition) is 0. The molecule has 0 radical (unpaired) electrons. The smallest absolute Gasteiger partial charge is 0.0580 e. The van der Waals surface area contributed by atoms with E-state index in [1.807, 2.05) is 0 Å². The lowest BCUT2D eigenvalue weighted by molar-refractivity contribution is 1.04. The average molecular weight is 432 g/mol. The molecule has 158 valence electrons. The van der Waals surface area contributed by atoms with E-state index in [1.165, 1.54) is 83.1 Å². The summed E-state index contributed by atoms with van der Waals surface area (Å²) >= 11 is 0. The highest BCUT2D eigenvalue weighted by Gasteiger charge is 2.32. The molecule has 2 aliphatic carbocycles. The number of hydrogen-bond acceptors (Lipinski definition) is 0. The molecule has 0 unspecified atom stereocenters. The summed E-state index contributed by atoms with van der Waals surface area (Å²) in [6, 6.07) is 34.2. The molecule has 1 aliphatic heterocycles. The first-order chi connectivity index (χ1) is 16.9. The zero-order valence-electron chi connectivity index (χ0n) is 18.7. The van der Waals surface area contributed by atoms with Gasteiger partial charge in [0.05, 0.1) is 11.0 Å². The lowest BCUT2D eigenvalue weighted by atomic mass is 9.91. The van der Waals surface area contributed by atoms with Crippen molar-refractivity contribution in [2.75, 3.05) is 0 Å². The molecule has 0 atom stereocenters. The van der Waals surface area contributed by atoms with Gasteiger partial charge in [-0.05, 0) is 86.7 Å². The van der Waals surface area contributed by atoms with Crippen LogP contribution in [0.5, 0.6) is 0 Å². The van der Waals surface area contributed by atoms with Crippen LogP contribution in [0.15, 0.2) is 91.0 Å². The Labute approximate surface area is 197 Å². The van der Waals surface area contributed by atoms with Crippen molar-refractivity contribution in [3.63, 3.8) is 0 Å². The minimum atomic E-state index is 1.00. The van der Waals surface area contributed by atoms with Crippen LogP contribution in [0.25, 0.3) is 49.7 Å². The number of nitrogens with zero attached hydrogens (tertiary/aromatic N) is 1. The summed E-state index contributed by atoms with van der Waals surface area (Å²) in [5.74, 6) is 0. The van der Waals surface area contributed by atoms with Crippen molar-refractivity contribution in [1.29, 1.82) is 0 Å². The second-order valence-electron chi connectivity index (χ2n) is 10.1. The minimum absolute atomic E-state index is 1.00. The van der Waals surface area contributed by atoms with E-state index in [1.54, 1.807) is 0 Å². The van der Waals surface area contributed by atoms with Crippen molar-refractivity contribution in [3.8, 4) is 27.9 Å². The minimum Gasteiger partial charge on any atom is -0.309 e. The van der Waals surface area contributed by atoms with Crippen LogP contribution in [0.4, 0.5) is 0 Å². The molecule has 0 bridgehead atoms. The van der Waals surface area contributed by atoms with E-state index < -0.39 is 0 Å². The second-order valence-corrected chi connectivity index (χ2v) is 10.1. The van der Waals surface area contributed by atoms with E-state index in [0.717, 1.165) is 19.3 Å². The van der Waals surface area contributed by atoms with Gasteiger partial charge >= 0.3 is 0 Å². The van der Waals surface area contributed by atoms with Crippen LogP contribution in [-0.4, -0.2) is 4.57 Å². The van der Waals surface area contributed by atoms with Crippen LogP contribution in [0.1, 0.15) is 33.4 Å². The number of rotatable bonds is 0. The lowest BCUT2D eigenvalue weighted by Gasteiger charge is -2.21. The zero-order valence-corrected chi connectivity index (χ0v) is 18.7. The Morgan fingerprint density at radius 1 is 0.471 bits per heavy atom. The molecule has 0 fully saturated rings. The van der Waals surface area contributed by atoms with Gasteiger partial charge in [0.25, 0.3) is 0 Å². The topological polar surface area (TPSA) is 4.93 Å². The summed E-state index contributed by atoms with van der Waals surface area (Å²) in [6.07, 6.45) is 3.05. The maximum atomic E-state index is 2.57. The first-order valence-corrected chi connectivity index (χ1v) is 12.3. The monoisotopic (exact) mass is 431 g/mol. The second kappa shape index (κ2) is 5.87. The van der Waals surface area contributed by atoms with Crippen molar-refractivity contribution in [3.05, 3.63) is 124 Å². The molecule has 5 aromatic carbocycles. The van der Waals surface area contributed by atoms with Crippen molar-refractivity contribution >= 4 is 21.8 Å². The maximum absolute atomic E-state index is 2.57. The Bertz CT molecular complexity index is 1880. The van der Waals surface area contributed by atoms with Gasteiger partial charge < -0.3 is 4.57 Å². The van der Waals surface area contributed by atoms with Gasteiger partial charge in [-0.25, -0.2) is 0 Å².